The molecule has 3 aromatic carbocycles. The van der Waals surface area contributed by atoms with Gasteiger partial charge in [-0.15, -0.1) is 0 Å². The highest BCUT2D eigenvalue weighted by Gasteiger charge is 2.45. The van der Waals surface area contributed by atoms with E-state index in [9.17, 15) is 9.90 Å². The summed E-state index contributed by atoms with van der Waals surface area (Å²) in [5.41, 5.74) is 2.27. The van der Waals surface area contributed by atoms with Crippen molar-refractivity contribution in [2.45, 2.75) is 18.3 Å². The maximum absolute atomic E-state index is 12.8. The molecule has 2 aliphatic rings. The van der Waals surface area contributed by atoms with E-state index in [1.165, 1.54) is 0 Å². The molecule has 1 unspecified atom stereocenters. The normalized spacial score (nSPS) is 19.3. The summed E-state index contributed by atoms with van der Waals surface area (Å²) >= 11 is 0. The number of fused-ring (bicyclic) bond motifs is 1. The van der Waals surface area contributed by atoms with Crippen LogP contribution in [0.3, 0.4) is 0 Å². The molecule has 0 aliphatic carbocycles. The summed E-state index contributed by atoms with van der Waals surface area (Å²) in [5, 5.41) is 9.73. The van der Waals surface area contributed by atoms with Gasteiger partial charge >= 0.3 is 5.79 Å². The number of benzene rings is 3. The molecule has 0 spiro atoms. The molecule has 5 heteroatoms. The zero-order chi connectivity index (χ0) is 19.8. The first-order valence-corrected chi connectivity index (χ1v) is 9.76. The number of β-amino-alcohol motifs (C(OH)–C–C–N with tert-alkyl or cyclic N) is 1. The Morgan fingerprint density at radius 2 is 1.52 bits per heavy atom. The Hall–Kier alpha value is -3.31. The van der Waals surface area contributed by atoms with Crippen LogP contribution in [0, 0.1) is 0 Å². The van der Waals surface area contributed by atoms with E-state index in [4.69, 9.17) is 9.47 Å². The van der Waals surface area contributed by atoms with Crippen molar-refractivity contribution in [3.63, 3.8) is 0 Å². The van der Waals surface area contributed by atoms with E-state index in [-0.39, 0.29) is 5.91 Å². The van der Waals surface area contributed by atoms with Gasteiger partial charge in [-0.05, 0) is 24.6 Å². The second kappa shape index (κ2) is 6.94. The van der Waals surface area contributed by atoms with E-state index >= 15 is 0 Å². The van der Waals surface area contributed by atoms with Crippen LogP contribution in [0.15, 0.2) is 78.9 Å². The summed E-state index contributed by atoms with van der Waals surface area (Å²) in [6.45, 7) is 0.928. The van der Waals surface area contributed by atoms with E-state index in [0.717, 1.165) is 11.1 Å². The highest BCUT2D eigenvalue weighted by atomic mass is 16.7. The summed E-state index contributed by atoms with van der Waals surface area (Å²) in [4.78, 5) is 14.5. The van der Waals surface area contributed by atoms with Crippen LogP contribution in [0.5, 0.6) is 11.5 Å². The predicted octanol–water partition coefficient (Wildman–Crippen LogP) is 3.57. The number of ether oxygens (including phenoxy) is 2. The van der Waals surface area contributed by atoms with Crippen molar-refractivity contribution in [3.8, 4) is 11.5 Å². The van der Waals surface area contributed by atoms with E-state index in [0.29, 0.717) is 36.6 Å². The van der Waals surface area contributed by atoms with Crippen molar-refractivity contribution in [1.82, 2.24) is 4.90 Å². The molecule has 1 N–H and O–H groups in total. The van der Waals surface area contributed by atoms with Crippen molar-refractivity contribution < 1.29 is 19.4 Å². The van der Waals surface area contributed by atoms with Gasteiger partial charge in [0.1, 0.15) is 0 Å². The SMILES string of the molecule is O=C(c1ccc2c(c1)OC(c1ccccc1)(c1ccccc1)O2)N1CCC(O)C1. The van der Waals surface area contributed by atoms with Crippen LogP contribution < -0.4 is 9.47 Å². The van der Waals surface area contributed by atoms with Gasteiger partial charge in [-0.1, -0.05) is 60.7 Å². The third-order valence-corrected chi connectivity index (χ3v) is 5.46. The van der Waals surface area contributed by atoms with Gasteiger partial charge < -0.3 is 19.5 Å². The first-order valence-electron chi connectivity index (χ1n) is 9.76. The topological polar surface area (TPSA) is 59.0 Å². The third kappa shape index (κ3) is 3.04. The largest absolute Gasteiger partial charge is 0.440 e. The average molecular weight is 387 g/mol. The lowest BCUT2D eigenvalue weighted by atomic mass is 9.97. The number of hydrogen-bond donors (Lipinski definition) is 1. The lowest BCUT2D eigenvalue weighted by molar-refractivity contribution is -0.0459. The Labute approximate surface area is 169 Å². The summed E-state index contributed by atoms with van der Waals surface area (Å²) in [6.07, 6.45) is 0.165. The average Bonchev–Trinajstić information content (AvgIpc) is 3.38. The van der Waals surface area contributed by atoms with Gasteiger partial charge in [0.25, 0.3) is 5.91 Å². The van der Waals surface area contributed by atoms with E-state index < -0.39 is 11.9 Å². The van der Waals surface area contributed by atoms with Gasteiger partial charge in [-0.2, -0.15) is 0 Å². The summed E-state index contributed by atoms with van der Waals surface area (Å²) in [7, 11) is 0. The maximum atomic E-state index is 12.8. The molecule has 2 heterocycles. The Balaban J connectivity index is 1.52. The van der Waals surface area contributed by atoms with Crippen molar-refractivity contribution >= 4 is 5.91 Å². The molecule has 1 amide bonds. The number of aliphatic hydroxyl groups is 1. The van der Waals surface area contributed by atoms with E-state index in [1.807, 2.05) is 60.7 Å². The number of amides is 1. The fraction of sp³-hybridized carbons (Fsp3) is 0.208. The molecule has 5 nitrogen and oxygen atoms in total. The van der Waals surface area contributed by atoms with E-state index in [1.54, 1.807) is 23.1 Å². The third-order valence-electron chi connectivity index (χ3n) is 5.46. The molecule has 3 aromatic rings. The van der Waals surface area contributed by atoms with Crippen LogP contribution in [0.2, 0.25) is 0 Å². The lowest BCUT2D eigenvalue weighted by Crippen LogP contribution is -2.36. The van der Waals surface area contributed by atoms with Gasteiger partial charge in [0.05, 0.1) is 6.10 Å². The van der Waals surface area contributed by atoms with E-state index in [2.05, 4.69) is 0 Å². The molecule has 0 saturated carbocycles. The first kappa shape index (κ1) is 17.8. The molecular weight excluding hydrogens is 366 g/mol. The Kier molecular flexibility index (Phi) is 4.25. The molecule has 1 fully saturated rings. The second-order valence-electron chi connectivity index (χ2n) is 7.41. The van der Waals surface area contributed by atoms with Crippen LogP contribution in [-0.2, 0) is 5.79 Å². The summed E-state index contributed by atoms with van der Waals surface area (Å²) in [5.74, 6) is -0.0833. The highest BCUT2D eigenvalue weighted by molar-refractivity contribution is 5.95. The zero-order valence-corrected chi connectivity index (χ0v) is 15.8. The molecular formula is C24H21NO4. The van der Waals surface area contributed by atoms with Gasteiger partial charge in [-0.3, -0.25) is 4.79 Å². The zero-order valence-electron chi connectivity index (χ0n) is 15.8. The second-order valence-corrected chi connectivity index (χ2v) is 7.41. The van der Waals surface area contributed by atoms with Crippen LogP contribution in [0.25, 0.3) is 0 Å². The van der Waals surface area contributed by atoms with Crippen molar-refractivity contribution in [3.05, 3.63) is 95.6 Å². The minimum atomic E-state index is -1.10. The fourth-order valence-corrected chi connectivity index (χ4v) is 3.96. The number of nitrogens with zero attached hydrogens (tertiary/aromatic N) is 1. The molecule has 0 bridgehead atoms. The minimum absolute atomic E-state index is 0.107. The number of carbonyl (C=O) groups is 1. The van der Waals surface area contributed by atoms with Crippen LogP contribution in [0.1, 0.15) is 27.9 Å². The molecule has 146 valence electrons. The molecule has 2 aliphatic heterocycles. The van der Waals surface area contributed by atoms with Gasteiger partial charge in [0, 0.05) is 29.8 Å². The monoisotopic (exact) mass is 387 g/mol. The van der Waals surface area contributed by atoms with Gasteiger partial charge in [-0.25, -0.2) is 0 Å². The smallest absolute Gasteiger partial charge is 0.305 e. The number of carbonyl (C=O) groups excluding carboxylic acids is 1. The number of hydrogen-bond acceptors (Lipinski definition) is 4. The molecule has 5 rings (SSSR count). The van der Waals surface area contributed by atoms with Gasteiger partial charge in [0.2, 0.25) is 0 Å². The van der Waals surface area contributed by atoms with Crippen molar-refractivity contribution in [1.29, 1.82) is 0 Å². The molecule has 1 saturated heterocycles. The van der Waals surface area contributed by atoms with Crippen LogP contribution in [-0.4, -0.2) is 35.1 Å². The first-order chi connectivity index (χ1) is 14.2. The van der Waals surface area contributed by atoms with Crippen LogP contribution in [0.4, 0.5) is 0 Å². The summed E-state index contributed by atoms with van der Waals surface area (Å²) < 4.78 is 12.8. The number of rotatable bonds is 3. The summed E-state index contributed by atoms with van der Waals surface area (Å²) in [6, 6.07) is 24.8. The Morgan fingerprint density at radius 1 is 0.897 bits per heavy atom. The lowest BCUT2D eigenvalue weighted by Gasteiger charge is -2.28. The number of likely N-dealkylation sites (tertiary alicyclic amines) is 1. The highest BCUT2D eigenvalue weighted by Crippen LogP contribution is 2.48. The minimum Gasteiger partial charge on any atom is -0.440 e. The fourth-order valence-electron chi connectivity index (χ4n) is 3.96. The van der Waals surface area contributed by atoms with Crippen molar-refractivity contribution in [2.24, 2.45) is 0 Å². The van der Waals surface area contributed by atoms with Gasteiger partial charge in [0.15, 0.2) is 11.5 Å². The quantitative estimate of drug-likeness (QED) is 0.747. The molecule has 0 radical (unpaired) electrons. The number of aliphatic hydroxyl groups excluding tert-OH is 1. The molecule has 0 aromatic heterocycles. The van der Waals surface area contributed by atoms with Crippen LogP contribution >= 0.6 is 0 Å². The Morgan fingerprint density at radius 3 is 2.10 bits per heavy atom. The van der Waals surface area contributed by atoms with Crippen molar-refractivity contribution in [2.75, 3.05) is 13.1 Å². The standard InChI is InChI=1S/C24H21NO4/c26-20-13-14-25(16-20)23(27)17-11-12-21-22(15-17)29-24(28-21,18-7-3-1-4-8-18)19-9-5-2-6-10-19/h1-12,15,20,26H,13-14,16H2. The molecule has 1 atom stereocenters. The maximum Gasteiger partial charge on any atom is 0.305 e. The molecule has 29 heavy (non-hydrogen) atoms. The Bertz CT molecular complexity index is 996. The predicted molar refractivity (Wildman–Crippen MR) is 108 cm³/mol.